The van der Waals surface area contributed by atoms with Gasteiger partial charge in [-0.3, -0.25) is 9.56 Å². The van der Waals surface area contributed by atoms with Crippen LogP contribution in [0.4, 0.5) is 0 Å². The van der Waals surface area contributed by atoms with Gasteiger partial charge in [0.05, 0.1) is 6.54 Å². The van der Waals surface area contributed by atoms with Crippen molar-refractivity contribution < 1.29 is 0 Å². The van der Waals surface area contributed by atoms with E-state index in [0.29, 0.717) is 6.54 Å². The zero-order chi connectivity index (χ0) is 16.8. The summed E-state index contributed by atoms with van der Waals surface area (Å²) < 4.78 is 1.89. The fraction of sp³-hybridized carbons (Fsp3) is 0.235. The zero-order valence-electron chi connectivity index (χ0n) is 14.1. The number of guanidine groups is 1. The molecule has 8 heteroatoms. The van der Waals surface area contributed by atoms with Crippen molar-refractivity contribution in [2.75, 3.05) is 7.05 Å². The smallest absolute Gasteiger partial charge is 0.191 e. The monoisotopic (exact) mass is 468 g/mol. The highest BCUT2D eigenvalue weighted by atomic mass is 127. The lowest BCUT2D eigenvalue weighted by Crippen LogP contribution is -2.36. The van der Waals surface area contributed by atoms with Crippen LogP contribution >= 0.6 is 35.3 Å². The van der Waals surface area contributed by atoms with E-state index in [1.165, 1.54) is 10.4 Å². The van der Waals surface area contributed by atoms with Gasteiger partial charge in [-0.2, -0.15) is 0 Å². The molecule has 3 aromatic rings. The van der Waals surface area contributed by atoms with E-state index in [1.54, 1.807) is 37.1 Å². The van der Waals surface area contributed by atoms with Crippen LogP contribution in [0, 0.1) is 6.92 Å². The van der Waals surface area contributed by atoms with Crippen molar-refractivity contribution in [1.29, 1.82) is 0 Å². The third-order valence-electron chi connectivity index (χ3n) is 3.65. The van der Waals surface area contributed by atoms with E-state index in [1.807, 2.05) is 22.9 Å². The van der Waals surface area contributed by atoms with Crippen LogP contribution in [0.5, 0.6) is 0 Å². The van der Waals surface area contributed by atoms with Crippen molar-refractivity contribution in [3.63, 3.8) is 0 Å². The highest BCUT2D eigenvalue weighted by molar-refractivity contribution is 14.0. The van der Waals surface area contributed by atoms with E-state index >= 15 is 0 Å². The van der Waals surface area contributed by atoms with Crippen LogP contribution in [-0.4, -0.2) is 27.5 Å². The predicted octanol–water partition coefficient (Wildman–Crippen LogP) is 3.12. The van der Waals surface area contributed by atoms with Gasteiger partial charge in [-0.05, 0) is 41.6 Å². The molecule has 2 N–H and O–H groups in total. The van der Waals surface area contributed by atoms with E-state index in [9.17, 15) is 0 Å². The maximum atomic E-state index is 4.36. The first-order chi connectivity index (χ1) is 11.8. The predicted molar refractivity (Wildman–Crippen MR) is 113 cm³/mol. The highest BCUT2D eigenvalue weighted by Gasteiger charge is 2.04. The molecule has 0 bridgehead atoms. The molecule has 6 nitrogen and oxygen atoms in total. The topological polar surface area (TPSA) is 67.1 Å². The lowest BCUT2D eigenvalue weighted by atomic mass is 10.2. The average Bonchev–Trinajstić information content (AvgIpc) is 3.27. The lowest BCUT2D eigenvalue weighted by molar-refractivity contribution is 0.810. The number of rotatable bonds is 5. The van der Waals surface area contributed by atoms with Crippen molar-refractivity contribution >= 4 is 41.3 Å². The van der Waals surface area contributed by atoms with Gasteiger partial charge in [0, 0.05) is 37.1 Å². The van der Waals surface area contributed by atoms with Gasteiger partial charge in [0.25, 0.3) is 0 Å². The molecular formula is C17H21IN6S. The van der Waals surface area contributed by atoms with E-state index in [0.717, 1.165) is 23.9 Å². The molecule has 0 saturated carbocycles. The van der Waals surface area contributed by atoms with Crippen LogP contribution in [0.15, 0.2) is 53.5 Å². The highest BCUT2D eigenvalue weighted by Crippen LogP contribution is 2.14. The summed E-state index contributed by atoms with van der Waals surface area (Å²) in [4.78, 5) is 14.0. The number of imidazole rings is 1. The second-order valence-electron chi connectivity index (χ2n) is 5.30. The molecule has 0 aliphatic rings. The minimum absolute atomic E-state index is 0. The van der Waals surface area contributed by atoms with Gasteiger partial charge in [-0.15, -0.1) is 35.3 Å². The van der Waals surface area contributed by atoms with Gasteiger partial charge in [-0.25, -0.2) is 9.97 Å². The summed E-state index contributed by atoms with van der Waals surface area (Å²) in [6.45, 7) is 3.57. The molecule has 0 spiro atoms. The molecule has 0 saturated heterocycles. The minimum Gasteiger partial charge on any atom is -0.352 e. The first-order valence-electron chi connectivity index (χ1n) is 7.67. The maximum Gasteiger partial charge on any atom is 0.191 e. The van der Waals surface area contributed by atoms with Crippen molar-refractivity contribution in [2.24, 2.45) is 4.99 Å². The van der Waals surface area contributed by atoms with Gasteiger partial charge in [0.2, 0.25) is 0 Å². The fourth-order valence-corrected chi connectivity index (χ4v) is 3.11. The number of aromatic nitrogens is 3. The molecule has 25 heavy (non-hydrogen) atoms. The molecule has 3 aromatic heterocycles. The van der Waals surface area contributed by atoms with Crippen LogP contribution in [0.3, 0.4) is 0 Å². The van der Waals surface area contributed by atoms with Gasteiger partial charge in [0.15, 0.2) is 5.96 Å². The Morgan fingerprint density at radius 2 is 2.08 bits per heavy atom. The van der Waals surface area contributed by atoms with Crippen LogP contribution in [-0.2, 0) is 13.1 Å². The van der Waals surface area contributed by atoms with Crippen molar-refractivity contribution in [3.8, 4) is 5.82 Å². The maximum absolute atomic E-state index is 4.36. The molecule has 3 rings (SSSR count). The number of aliphatic imine (C=N–C) groups is 1. The van der Waals surface area contributed by atoms with Gasteiger partial charge < -0.3 is 10.6 Å². The molecule has 0 aliphatic heterocycles. The fourth-order valence-electron chi connectivity index (χ4n) is 2.26. The third-order valence-corrected chi connectivity index (χ3v) is 4.67. The van der Waals surface area contributed by atoms with Gasteiger partial charge >= 0.3 is 0 Å². The Bertz CT molecular complexity index is 812. The van der Waals surface area contributed by atoms with E-state index in [-0.39, 0.29) is 24.0 Å². The number of nitrogens with one attached hydrogen (secondary N) is 2. The quantitative estimate of drug-likeness (QED) is 0.343. The molecule has 0 amide bonds. The van der Waals surface area contributed by atoms with Crippen LogP contribution in [0.2, 0.25) is 0 Å². The van der Waals surface area contributed by atoms with E-state index < -0.39 is 0 Å². The van der Waals surface area contributed by atoms with Crippen molar-refractivity contribution in [3.05, 3.63) is 64.5 Å². The minimum atomic E-state index is 0. The summed E-state index contributed by atoms with van der Waals surface area (Å²) >= 11 is 1.75. The summed E-state index contributed by atoms with van der Waals surface area (Å²) in [6, 6.07) is 6.15. The second kappa shape index (κ2) is 9.52. The Labute approximate surface area is 168 Å². The Kier molecular flexibility index (Phi) is 7.38. The number of aryl methyl sites for hydroxylation is 1. The van der Waals surface area contributed by atoms with Crippen LogP contribution in [0.25, 0.3) is 5.82 Å². The van der Waals surface area contributed by atoms with Crippen molar-refractivity contribution in [2.45, 2.75) is 20.0 Å². The average molecular weight is 468 g/mol. The Morgan fingerprint density at radius 3 is 2.76 bits per heavy atom. The summed E-state index contributed by atoms with van der Waals surface area (Å²) in [5, 5.41) is 8.78. The van der Waals surface area contributed by atoms with Crippen LogP contribution < -0.4 is 10.6 Å². The number of thiophene rings is 1. The van der Waals surface area contributed by atoms with Crippen LogP contribution in [0.1, 0.15) is 16.0 Å². The lowest BCUT2D eigenvalue weighted by Gasteiger charge is -2.12. The number of pyridine rings is 1. The second-order valence-corrected chi connectivity index (χ2v) is 6.30. The SMILES string of the molecule is CN=C(NCc1ccnc(-n2ccnc2)c1)NCc1sccc1C.I. The van der Waals surface area contributed by atoms with E-state index in [4.69, 9.17) is 0 Å². The largest absolute Gasteiger partial charge is 0.352 e. The third kappa shape index (κ3) is 5.27. The first kappa shape index (κ1) is 19.4. The number of hydrogen-bond donors (Lipinski definition) is 2. The zero-order valence-corrected chi connectivity index (χ0v) is 17.3. The van der Waals surface area contributed by atoms with E-state index in [2.05, 4.69) is 44.0 Å². The Balaban J connectivity index is 0.00000225. The number of halogens is 1. The molecule has 0 aliphatic carbocycles. The van der Waals surface area contributed by atoms with Gasteiger partial charge in [-0.1, -0.05) is 0 Å². The summed E-state index contributed by atoms with van der Waals surface area (Å²) in [7, 11) is 1.78. The van der Waals surface area contributed by atoms with Gasteiger partial charge in [0.1, 0.15) is 12.1 Å². The first-order valence-corrected chi connectivity index (χ1v) is 8.55. The summed E-state index contributed by atoms with van der Waals surface area (Å²) in [5.41, 5.74) is 2.44. The summed E-state index contributed by atoms with van der Waals surface area (Å²) in [6.07, 6.45) is 7.16. The number of nitrogens with zero attached hydrogens (tertiary/aromatic N) is 4. The molecule has 0 atom stereocenters. The molecular weight excluding hydrogens is 447 g/mol. The molecule has 3 heterocycles. The molecule has 0 aromatic carbocycles. The molecule has 132 valence electrons. The molecule has 0 radical (unpaired) electrons. The number of hydrogen-bond acceptors (Lipinski definition) is 4. The molecule has 0 unspecified atom stereocenters. The normalized spacial score (nSPS) is 11.0. The Hall–Kier alpha value is -1.94. The summed E-state index contributed by atoms with van der Waals surface area (Å²) in [5.74, 6) is 1.63. The molecule has 0 fully saturated rings. The van der Waals surface area contributed by atoms with Crippen molar-refractivity contribution in [1.82, 2.24) is 25.2 Å². The standard InChI is InChI=1S/C17H20N6S.HI/c1-13-4-8-24-15(13)11-22-17(18-2)21-10-14-3-5-20-16(9-14)23-7-6-19-12-23;/h3-9,12H,10-11H2,1-2H3,(H2,18,21,22);1H. The Morgan fingerprint density at radius 1 is 1.24 bits per heavy atom.